The van der Waals surface area contributed by atoms with Crippen molar-refractivity contribution in [3.8, 4) is 0 Å². The van der Waals surface area contributed by atoms with E-state index in [1.807, 2.05) is 32.9 Å². The predicted molar refractivity (Wildman–Crippen MR) is 72.2 cm³/mol. The van der Waals surface area contributed by atoms with Crippen LogP contribution in [0.4, 0.5) is 5.69 Å². The third-order valence-corrected chi connectivity index (χ3v) is 2.91. The van der Waals surface area contributed by atoms with Crippen LogP contribution in [0.5, 0.6) is 0 Å². The molecule has 0 aliphatic rings. The Kier molecular flexibility index (Phi) is 4.97. The first-order chi connectivity index (χ1) is 7.90. The molecule has 1 aromatic carbocycles. The molecule has 1 aromatic rings. The standard InChI is InChI=1S/C13H19ClN2O/c1-8(2)6-12(15)13(17)16-10-5-4-9(3)11(14)7-10/h4-5,7-8,12H,6,15H2,1-3H3,(H,16,17). The second-order valence-corrected chi connectivity index (χ2v) is 5.10. The van der Waals surface area contributed by atoms with Gasteiger partial charge in [-0.1, -0.05) is 31.5 Å². The van der Waals surface area contributed by atoms with E-state index in [1.165, 1.54) is 0 Å². The van der Waals surface area contributed by atoms with Crippen LogP contribution in [-0.2, 0) is 4.79 Å². The summed E-state index contributed by atoms with van der Waals surface area (Å²) in [6.45, 7) is 5.99. The van der Waals surface area contributed by atoms with Gasteiger partial charge >= 0.3 is 0 Å². The number of anilines is 1. The monoisotopic (exact) mass is 254 g/mol. The first-order valence-electron chi connectivity index (χ1n) is 5.72. The molecule has 1 rings (SSSR count). The van der Waals surface area contributed by atoms with Gasteiger partial charge in [0.05, 0.1) is 6.04 Å². The summed E-state index contributed by atoms with van der Waals surface area (Å²) in [7, 11) is 0. The highest BCUT2D eigenvalue weighted by Gasteiger charge is 2.15. The van der Waals surface area contributed by atoms with E-state index in [1.54, 1.807) is 6.07 Å². The molecule has 94 valence electrons. The Bertz CT molecular complexity index is 404. The Balaban J connectivity index is 2.64. The van der Waals surface area contributed by atoms with Gasteiger partial charge in [0.1, 0.15) is 0 Å². The minimum absolute atomic E-state index is 0.168. The van der Waals surface area contributed by atoms with Gasteiger partial charge in [0.15, 0.2) is 0 Å². The molecule has 4 heteroatoms. The van der Waals surface area contributed by atoms with Crippen molar-refractivity contribution in [3.63, 3.8) is 0 Å². The summed E-state index contributed by atoms with van der Waals surface area (Å²) in [5.74, 6) is 0.232. The van der Waals surface area contributed by atoms with Gasteiger partial charge in [-0.25, -0.2) is 0 Å². The zero-order valence-corrected chi connectivity index (χ0v) is 11.2. The number of hydrogen-bond donors (Lipinski definition) is 2. The van der Waals surface area contributed by atoms with Crippen LogP contribution in [0.1, 0.15) is 25.8 Å². The van der Waals surface area contributed by atoms with E-state index in [0.29, 0.717) is 23.0 Å². The van der Waals surface area contributed by atoms with Gasteiger partial charge in [-0.2, -0.15) is 0 Å². The molecule has 1 amide bonds. The molecule has 17 heavy (non-hydrogen) atoms. The van der Waals surface area contributed by atoms with Gasteiger partial charge < -0.3 is 11.1 Å². The third-order valence-electron chi connectivity index (χ3n) is 2.50. The maximum atomic E-state index is 11.8. The number of halogens is 1. The molecule has 0 aliphatic carbocycles. The van der Waals surface area contributed by atoms with E-state index in [0.717, 1.165) is 5.56 Å². The van der Waals surface area contributed by atoms with Crippen molar-refractivity contribution in [1.29, 1.82) is 0 Å². The van der Waals surface area contributed by atoms with Crippen LogP contribution >= 0.6 is 11.6 Å². The summed E-state index contributed by atoms with van der Waals surface area (Å²) in [6.07, 6.45) is 0.672. The highest BCUT2D eigenvalue weighted by Crippen LogP contribution is 2.20. The molecule has 0 saturated carbocycles. The van der Waals surface area contributed by atoms with E-state index >= 15 is 0 Å². The van der Waals surface area contributed by atoms with Crippen LogP contribution < -0.4 is 11.1 Å². The van der Waals surface area contributed by atoms with Crippen LogP contribution in [-0.4, -0.2) is 11.9 Å². The average Bonchev–Trinajstić information content (AvgIpc) is 2.22. The van der Waals surface area contributed by atoms with E-state index in [9.17, 15) is 4.79 Å². The molecule has 0 bridgehead atoms. The Labute approximate surface area is 107 Å². The van der Waals surface area contributed by atoms with Gasteiger partial charge in [0, 0.05) is 10.7 Å². The lowest BCUT2D eigenvalue weighted by Crippen LogP contribution is -2.36. The van der Waals surface area contributed by atoms with E-state index in [2.05, 4.69) is 5.32 Å². The number of aryl methyl sites for hydroxylation is 1. The van der Waals surface area contributed by atoms with Gasteiger partial charge in [-0.15, -0.1) is 0 Å². The summed E-state index contributed by atoms with van der Waals surface area (Å²) in [5, 5.41) is 3.41. The van der Waals surface area contributed by atoms with Crippen LogP contribution in [0.25, 0.3) is 0 Å². The Morgan fingerprint density at radius 2 is 2.12 bits per heavy atom. The van der Waals surface area contributed by atoms with E-state index in [4.69, 9.17) is 17.3 Å². The molecule has 1 unspecified atom stereocenters. The van der Waals surface area contributed by atoms with Crippen molar-refractivity contribution >= 4 is 23.2 Å². The predicted octanol–water partition coefficient (Wildman–Crippen LogP) is 2.96. The number of benzene rings is 1. The highest BCUT2D eigenvalue weighted by molar-refractivity contribution is 6.31. The summed E-state index contributed by atoms with van der Waals surface area (Å²) >= 11 is 5.98. The molecule has 0 aliphatic heterocycles. The fourth-order valence-corrected chi connectivity index (χ4v) is 1.70. The summed E-state index contributed by atoms with van der Waals surface area (Å²) in [6, 6.07) is 4.94. The quantitative estimate of drug-likeness (QED) is 0.868. The first-order valence-corrected chi connectivity index (χ1v) is 6.10. The van der Waals surface area contributed by atoms with Gasteiger partial charge in [0.25, 0.3) is 0 Å². The average molecular weight is 255 g/mol. The lowest BCUT2D eigenvalue weighted by Gasteiger charge is -2.14. The van der Waals surface area contributed by atoms with Gasteiger partial charge in [0.2, 0.25) is 5.91 Å². The second-order valence-electron chi connectivity index (χ2n) is 4.69. The highest BCUT2D eigenvalue weighted by atomic mass is 35.5. The largest absolute Gasteiger partial charge is 0.325 e. The van der Waals surface area contributed by atoms with Crippen molar-refractivity contribution in [3.05, 3.63) is 28.8 Å². The maximum absolute atomic E-state index is 11.8. The SMILES string of the molecule is Cc1ccc(NC(=O)C(N)CC(C)C)cc1Cl. The number of carbonyl (C=O) groups excluding carboxylic acids is 1. The fourth-order valence-electron chi connectivity index (χ4n) is 1.52. The molecule has 0 aromatic heterocycles. The van der Waals surface area contributed by atoms with Crippen molar-refractivity contribution in [2.75, 3.05) is 5.32 Å². The number of nitrogens with one attached hydrogen (secondary N) is 1. The molecule has 3 nitrogen and oxygen atoms in total. The molecule has 0 fully saturated rings. The van der Waals surface area contributed by atoms with Crippen molar-refractivity contribution in [1.82, 2.24) is 0 Å². The zero-order valence-electron chi connectivity index (χ0n) is 10.5. The normalized spacial score (nSPS) is 12.6. The molecule has 0 radical (unpaired) electrons. The fraction of sp³-hybridized carbons (Fsp3) is 0.462. The van der Waals surface area contributed by atoms with Crippen molar-refractivity contribution < 1.29 is 4.79 Å². The Morgan fingerprint density at radius 1 is 1.47 bits per heavy atom. The zero-order chi connectivity index (χ0) is 13.0. The molecular weight excluding hydrogens is 236 g/mol. The van der Waals surface area contributed by atoms with Crippen LogP contribution in [0, 0.1) is 12.8 Å². The van der Waals surface area contributed by atoms with E-state index < -0.39 is 6.04 Å². The third kappa shape index (κ3) is 4.36. The topological polar surface area (TPSA) is 55.1 Å². The lowest BCUT2D eigenvalue weighted by molar-refractivity contribution is -0.117. The van der Waals surface area contributed by atoms with Gasteiger partial charge in [-0.3, -0.25) is 4.79 Å². The van der Waals surface area contributed by atoms with Crippen LogP contribution in [0.3, 0.4) is 0 Å². The molecular formula is C13H19ClN2O. The number of rotatable bonds is 4. The van der Waals surface area contributed by atoms with Crippen LogP contribution in [0.2, 0.25) is 5.02 Å². The Hall–Kier alpha value is -1.06. The first kappa shape index (κ1) is 14.0. The summed E-state index contributed by atoms with van der Waals surface area (Å²) in [5.41, 5.74) is 7.46. The molecule has 0 spiro atoms. The van der Waals surface area contributed by atoms with Crippen molar-refractivity contribution in [2.24, 2.45) is 11.7 Å². The number of carbonyl (C=O) groups is 1. The summed E-state index contributed by atoms with van der Waals surface area (Å²) < 4.78 is 0. The molecule has 1 atom stereocenters. The maximum Gasteiger partial charge on any atom is 0.241 e. The lowest BCUT2D eigenvalue weighted by atomic mass is 10.0. The number of nitrogens with two attached hydrogens (primary N) is 1. The van der Waals surface area contributed by atoms with Crippen LogP contribution in [0.15, 0.2) is 18.2 Å². The Morgan fingerprint density at radius 3 is 2.65 bits per heavy atom. The van der Waals surface area contributed by atoms with Crippen molar-refractivity contribution in [2.45, 2.75) is 33.2 Å². The molecule has 3 N–H and O–H groups in total. The summed E-state index contributed by atoms with van der Waals surface area (Å²) in [4.78, 5) is 11.8. The second kappa shape index (κ2) is 6.03. The smallest absolute Gasteiger partial charge is 0.241 e. The minimum Gasteiger partial charge on any atom is -0.325 e. The minimum atomic E-state index is -0.477. The number of hydrogen-bond acceptors (Lipinski definition) is 2. The number of amides is 1. The van der Waals surface area contributed by atoms with E-state index in [-0.39, 0.29) is 5.91 Å². The molecule has 0 heterocycles. The molecule has 0 saturated heterocycles. The van der Waals surface area contributed by atoms with Gasteiger partial charge in [-0.05, 0) is 37.0 Å².